The minimum atomic E-state index is -0.222. The van der Waals surface area contributed by atoms with E-state index in [4.69, 9.17) is 4.42 Å². The van der Waals surface area contributed by atoms with E-state index in [2.05, 4.69) is 10.2 Å². The molecule has 120 valence electrons. The zero-order valence-corrected chi connectivity index (χ0v) is 12.8. The van der Waals surface area contributed by atoms with E-state index in [0.29, 0.717) is 29.2 Å². The first-order valence-corrected chi connectivity index (χ1v) is 7.65. The quantitative estimate of drug-likeness (QED) is 0.596. The van der Waals surface area contributed by atoms with E-state index in [0.717, 1.165) is 16.5 Å². The number of aliphatic hydroxyl groups is 1. The third kappa shape index (κ3) is 2.49. The van der Waals surface area contributed by atoms with Gasteiger partial charge in [-0.2, -0.15) is 5.10 Å². The molecule has 0 aliphatic heterocycles. The van der Waals surface area contributed by atoms with Crippen LogP contribution < -0.4 is 0 Å². The molecular weight excluding hydrogens is 307 g/mol. The highest BCUT2D eigenvalue weighted by Crippen LogP contribution is 2.31. The first-order chi connectivity index (χ1) is 11.8. The minimum Gasteiger partial charge on any atom is -0.457 e. The minimum absolute atomic E-state index is 0.162. The fourth-order valence-electron chi connectivity index (χ4n) is 2.91. The molecule has 0 saturated heterocycles. The van der Waals surface area contributed by atoms with E-state index in [9.17, 15) is 9.50 Å². The monoisotopic (exact) mass is 322 g/mol. The predicted octanol–water partition coefficient (Wildman–Crippen LogP) is 4.05. The third-order valence-corrected chi connectivity index (χ3v) is 4.07. The number of halogens is 1. The van der Waals surface area contributed by atoms with Crippen molar-refractivity contribution in [2.75, 3.05) is 0 Å². The van der Waals surface area contributed by atoms with E-state index in [1.54, 1.807) is 24.3 Å². The smallest absolute Gasteiger partial charge is 0.155 e. The molecule has 0 atom stereocenters. The molecule has 0 bridgehead atoms. The fourth-order valence-corrected chi connectivity index (χ4v) is 2.91. The number of furan rings is 1. The predicted molar refractivity (Wildman–Crippen MR) is 88.9 cm³/mol. The SMILES string of the molecule is OCc1ccc(-c2n[nH]c3cccc(Cc4ccccc4F)c23)o1. The van der Waals surface area contributed by atoms with Crippen molar-refractivity contribution in [2.24, 2.45) is 0 Å². The second-order valence-corrected chi connectivity index (χ2v) is 5.60. The molecular formula is C19H15FN2O2. The zero-order chi connectivity index (χ0) is 16.5. The molecule has 0 fully saturated rings. The summed E-state index contributed by atoms with van der Waals surface area (Å²) in [5.41, 5.74) is 3.12. The number of nitrogens with zero attached hydrogens (tertiary/aromatic N) is 1. The Morgan fingerprint density at radius 2 is 1.83 bits per heavy atom. The van der Waals surface area contributed by atoms with Gasteiger partial charge < -0.3 is 9.52 Å². The van der Waals surface area contributed by atoms with Crippen LogP contribution in [-0.2, 0) is 13.0 Å². The van der Waals surface area contributed by atoms with Gasteiger partial charge in [0, 0.05) is 11.8 Å². The van der Waals surface area contributed by atoms with Crippen molar-refractivity contribution in [3.05, 3.63) is 77.3 Å². The van der Waals surface area contributed by atoms with Crippen LogP contribution in [0, 0.1) is 5.82 Å². The molecule has 0 saturated carbocycles. The van der Waals surface area contributed by atoms with Crippen LogP contribution in [0.25, 0.3) is 22.4 Å². The van der Waals surface area contributed by atoms with Crippen molar-refractivity contribution in [1.82, 2.24) is 10.2 Å². The van der Waals surface area contributed by atoms with Crippen LogP contribution in [0.1, 0.15) is 16.9 Å². The number of hydrogen-bond acceptors (Lipinski definition) is 3. The number of benzene rings is 2. The van der Waals surface area contributed by atoms with Crippen LogP contribution in [0.15, 0.2) is 59.0 Å². The van der Waals surface area contributed by atoms with E-state index in [1.165, 1.54) is 6.07 Å². The molecule has 4 nitrogen and oxygen atoms in total. The molecule has 0 aliphatic carbocycles. The van der Waals surface area contributed by atoms with Crippen molar-refractivity contribution in [2.45, 2.75) is 13.0 Å². The Balaban J connectivity index is 1.84. The van der Waals surface area contributed by atoms with Crippen molar-refractivity contribution in [1.29, 1.82) is 0 Å². The highest BCUT2D eigenvalue weighted by Gasteiger charge is 2.16. The zero-order valence-electron chi connectivity index (χ0n) is 12.8. The van der Waals surface area contributed by atoms with Gasteiger partial charge in [-0.1, -0.05) is 30.3 Å². The average Bonchev–Trinajstić information content (AvgIpc) is 3.23. The van der Waals surface area contributed by atoms with Crippen molar-refractivity contribution < 1.29 is 13.9 Å². The molecule has 5 heteroatoms. The molecule has 24 heavy (non-hydrogen) atoms. The van der Waals surface area contributed by atoms with Crippen molar-refractivity contribution >= 4 is 10.9 Å². The number of aromatic nitrogens is 2. The van der Waals surface area contributed by atoms with Gasteiger partial charge in [-0.15, -0.1) is 0 Å². The van der Waals surface area contributed by atoms with E-state index >= 15 is 0 Å². The summed E-state index contributed by atoms with van der Waals surface area (Å²) in [4.78, 5) is 0. The van der Waals surface area contributed by atoms with E-state index in [1.807, 2.05) is 24.3 Å². The van der Waals surface area contributed by atoms with Crippen molar-refractivity contribution in [3.8, 4) is 11.5 Å². The Morgan fingerprint density at radius 1 is 1.00 bits per heavy atom. The Labute approximate surface area is 137 Å². The van der Waals surface area contributed by atoms with Crippen LogP contribution in [0.3, 0.4) is 0 Å². The Kier molecular flexibility index (Phi) is 3.63. The van der Waals surface area contributed by atoms with Crippen LogP contribution in [-0.4, -0.2) is 15.3 Å². The first kappa shape index (κ1) is 14.7. The van der Waals surface area contributed by atoms with Gasteiger partial charge in [0.25, 0.3) is 0 Å². The van der Waals surface area contributed by atoms with Gasteiger partial charge in [0.15, 0.2) is 5.76 Å². The lowest BCUT2D eigenvalue weighted by atomic mass is 9.99. The number of hydrogen-bond donors (Lipinski definition) is 2. The van der Waals surface area contributed by atoms with Crippen LogP contribution >= 0.6 is 0 Å². The molecule has 0 spiro atoms. The standard InChI is InChI=1S/C19H15FN2O2/c20-15-6-2-1-4-12(15)10-13-5-3-7-16-18(13)19(22-21-16)17-9-8-14(11-23)24-17/h1-9,23H,10-11H2,(H,21,22). The molecule has 4 rings (SSSR count). The number of nitrogens with one attached hydrogen (secondary N) is 1. The van der Waals surface area contributed by atoms with Crippen molar-refractivity contribution in [3.63, 3.8) is 0 Å². The normalized spacial score (nSPS) is 11.2. The van der Waals surface area contributed by atoms with Gasteiger partial charge in [0.2, 0.25) is 0 Å². The second-order valence-electron chi connectivity index (χ2n) is 5.60. The molecule has 0 aliphatic rings. The van der Waals surface area contributed by atoms with Gasteiger partial charge in [-0.3, -0.25) is 5.10 Å². The van der Waals surface area contributed by atoms with Crippen LogP contribution in [0.4, 0.5) is 4.39 Å². The third-order valence-electron chi connectivity index (χ3n) is 4.07. The van der Waals surface area contributed by atoms with E-state index in [-0.39, 0.29) is 12.4 Å². The van der Waals surface area contributed by atoms with Gasteiger partial charge in [-0.05, 0) is 35.4 Å². The lowest BCUT2D eigenvalue weighted by molar-refractivity contribution is 0.248. The maximum atomic E-state index is 14.0. The van der Waals surface area contributed by atoms with Crippen LogP contribution in [0.2, 0.25) is 0 Å². The average molecular weight is 322 g/mol. The lowest BCUT2D eigenvalue weighted by Gasteiger charge is -2.06. The maximum Gasteiger partial charge on any atom is 0.155 e. The molecule has 4 aromatic rings. The summed E-state index contributed by atoms with van der Waals surface area (Å²) in [6.45, 7) is -0.162. The van der Waals surface area contributed by atoms with E-state index < -0.39 is 0 Å². The number of aromatic amines is 1. The van der Waals surface area contributed by atoms with Gasteiger partial charge in [0.05, 0.1) is 5.52 Å². The highest BCUT2D eigenvalue weighted by molar-refractivity contribution is 5.94. The summed E-state index contributed by atoms with van der Waals surface area (Å²) in [5, 5.41) is 17.4. The molecule has 2 heterocycles. The maximum absolute atomic E-state index is 14.0. The summed E-state index contributed by atoms with van der Waals surface area (Å²) in [5.74, 6) is 0.833. The Morgan fingerprint density at radius 3 is 2.62 bits per heavy atom. The Bertz CT molecular complexity index is 1000. The highest BCUT2D eigenvalue weighted by atomic mass is 19.1. The fraction of sp³-hybridized carbons (Fsp3) is 0.105. The topological polar surface area (TPSA) is 62.1 Å². The van der Waals surface area contributed by atoms with Gasteiger partial charge >= 0.3 is 0 Å². The summed E-state index contributed by atoms with van der Waals surface area (Å²) < 4.78 is 19.6. The summed E-state index contributed by atoms with van der Waals surface area (Å²) in [6, 6.07) is 16.1. The summed E-state index contributed by atoms with van der Waals surface area (Å²) in [6.07, 6.45) is 0.462. The largest absolute Gasteiger partial charge is 0.457 e. The van der Waals surface area contributed by atoms with Gasteiger partial charge in [0.1, 0.15) is 23.9 Å². The number of rotatable bonds is 4. The Hall–Kier alpha value is -2.92. The molecule has 0 amide bonds. The number of fused-ring (bicyclic) bond motifs is 1. The molecule has 0 radical (unpaired) electrons. The van der Waals surface area contributed by atoms with Gasteiger partial charge in [-0.25, -0.2) is 4.39 Å². The summed E-state index contributed by atoms with van der Waals surface area (Å²) >= 11 is 0. The first-order valence-electron chi connectivity index (χ1n) is 7.65. The summed E-state index contributed by atoms with van der Waals surface area (Å²) in [7, 11) is 0. The molecule has 2 aromatic heterocycles. The molecule has 2 aromatic carbocycles. The number of H-pyrrole nitrogens is 1. The lowest BCUT2D eigenvalue weighted by Crippen LogP contribution is -1.93. The molecule has 2 N–H and O–H groups in total. The number of aliphatic hydroxyl groups excluding tert-OH is 1. The van der Waals surface area contributed by atoms with Crippen LogP contribution in [0.5, 0.6) is 0 Å². The second kappa shape index (κ2) is 5.94. The molecule has 0 unspecified atom stereocenters.